The minimum Gasteiger partial charge on any atom is -0.466 e. The van der Waals surface area contributed by atoms with E-state index in [1.165, 1.54) is 12.7 Å². The minimum absolute atomic E-state index is 0.00515. The van der Waals surface area contributed by atoms with Crippen LogP contribution in [0.5, 0.6) is 0 Å². The van der Waals surface area contributed by atoms with Crippen LogP contribution < -0.4 is 5.32 Å². The number of likely N-dealkylation sites (tertiary alicyclic amines) is 1. The standard InChI is InChI=1S/C27H28N2O4/c1-16(30)19-9-10-23-22(13-19)27-11-12-29(15-18-7-5-4-6-8-18)25(27)20(17(2)31)14-21(24(27)28-23)26(32)33-3/h4-10,13,20,25,28H,11-12,14-15H2,1-3H3/t20-,25-,27-/m1/s1. The van der Waals surface area contributed by atoms with E-state index in [9.17, 15) is 14.4 Å². The normalized spacial score (nSPS) is 25.7. The largest absolute Gasteiger partial charge is 0.466 e. The molecule has 2 aromatic rings. The molecule has 3 aliphatic rings. The zero-order valence-corrected chi connectivity index (χ0v) is 19.2. The van der Waals surface area contributed by atoms with Crippen LogP contribution >= 0.6 is 0 Å². The number of ketones is 2. The van der Waals surface area contributed by atoms with Gasteiger partial charge in [-0.1, -0.05) is 30.3 Å². The number of nitrogens with one attached hydrogen (secondary N) is 1. The summed E-state index contributed by atoms with van der Waals surface area (Å²) in [5.74, 6) is -0.684. The first kappa shape index (κ1) is 21.6. The van der Waals surface area contributed by atoms with E-state index in [1.807, 2.05) is 36.4 Å². The van der Waals surface area contributed by atoms with Crippen LogP contribution in [0.25, 0.3) is 0 Å². The van der Waals surface area contributed by atoms with E-state index in [0.29, 0.717) is 17.6 Å². The lowest BCUT2D eigenvalue weighted by Gasteiger charge is -2.45. The molecule has 2 aromatic carbocycles. The number of Topliss-reactive ketones (excluding diaryl/α,β-unsaturated/α-hetero) is 2. The number of rotatable bonds is 5. The Morgan fingerprint density at radius 2 is 1.88 bits per heavy atom. The molecule has 3 atom stereocenters. The molecule has 1 fully saturated rings. The summed E-state index contributed by atoms with van der Waals surface area (Å²) in [6.07, 6.45) is 1.10. The van der Waals surface area contributed by atoms with Crippen molar-refractivity contribution in [2.45, 2.75) is 44.7 Å². The van der Waals surface area contributed by atoms with Gasteiger partial charge in [-0.05, 0) is 56.0 Å². The summed E-state index contributed by atoms with van der Waals surface area (Å²) in [5.41, 5.74) is 4.53. The molecule has 2 aliphatic heterocycles. The Balaban J connectivity index is 1.71. The summed E-state index contributed by atoms with van der Waals surface area (Å²) in [4.78, 5) is 40.5. The third kappa shape index (κ3) is 3.23. The molecule has 1 aliphatic carbocycles. The van der Waals surface area contributed by atoms with Crippen molar-refractivity contribution in [3.05, 3.63) is 76.5 Å². The maximum atomic E-state index is 13.0. The van der Waals surface area contributed by atoms with Crippen molar-refractivity contribution in [2.24, 2.45) is 5.92 Å². The highest BCUT2D eigenvalue weighted by molar-refractivity contribution is 5.97. The topological polar surface area (TPSA) is 75.7 Å². The number of nitrogens with zero attached hydrogens (tertiary/aromatic N) is 1. The third-order valence-electron chi connectivity index (χ3n) is 7.59. The van der Waals surface area contributed by atoms with Crippen molar-refractivity contribution in [3.63, 3.8) is 0 Å². The molecule has 1 N–H and O–H groups in total. The number of fused-ring (bicyclic) bond motifs is 1. The van der Waals surface area contributed by atoms with Crippen molar-refractivity contribution in [2.75, 3.05) is 19.0 Å². The number of carbonyl (C=O) groups excluding carboxylic acids is 3. The fourth-order valence-electron chi connectivity index (χ4n) is 6.15. The number of hydrogen-bond acceptors (Lipinski definition) is 6. The van der Waals surface area contributed by atoms with Crippen LogP contribution in [0.3, 0.4) is 0 Å². The second-order valence-corrected chi connectivity index (χ2v) is 9.33. The van der Waals surface area contributed by atoms with Gasteiger partial charge in [-0.25, -0.2) is 4.79 Å². The van der Waals surface area contributed by atoms with Crippen LogP contribution in [0, 0.1) is 5.92 Å². The van der Waals surface area contributed by atoms with Gasteiger partial charge in [0.05, 0.1) is 18.1 Å². The summed E-state index contributed by atoms with van der Waals surface area (Å²) in [7, 11) is 1.38. The maximum absolute atomic E-state index is 13.0. The molecule has 0 bridgehead atoms. The molecule has 6 nitrogen and oxygen atoms in total. The molecule has 0 aromatic heterocycles. The highest BCUT2D eigenvalue weighted by Crippen LogP contribution is 2.59. The van der Waals surface area contributed by atoms with Crippen molar-refractivity contribution in [3.8, 4) is 0 Å². The van der Waals surface area contributed by atoms with Gasteiger partial charge >= 0.3 is 5.97 Å². The first-order chi connectivity index (χ1) is 15.9. The van der Waals surface area contributed by atoms with E-state index in [4.69, 9.17) is 4.74 Å². The van der Waals surface area contributed by atoms with E-state index in [2.05, 4.69) is 22.3 Å². The molecule has 2 heterocycles. The van der Waals surface area contributed by atoms with Crippen molar-refractivity contribution in [1.29, 1.82) is 0 Å². The van der Waals surface area contributed by atoms with Gasteiger partial charge in [0.2, 0.25) is 0 Å². The van der Waals surface area contributed by atoms with E-state index < -0.39 is 11.4 Å². The van der Waals surface area contributed by atoms with Crippen LogP contribution in [0.4, 0.5) is 5.69 Å². The highest BCUT2D eigenvalue weighted by atomic mass is 16.5. The van der Waals surface area contributed by atoms with Gasteiger partial charge in [0.15, 0.2) is 5.78 Å². The fraction of sp³-hybridized carbons (Fsp3) is 0.370. The first-order valence-electron chi connectivity index (χ1n) is 11.4. The van der Waals surface area contributed by atoms with Gasteiger partial charge in [-0.2, -0.15) is 0 Å². The maximum Gasteiger partial charge on any atom is 0.335 e. The van der Waals surface area contributed by atoms with Crippen molar-refractivity contribution in [1.82, 2.24) is 4.90 Å². The number of methoxy groups -OCH3 is 1. The number of ether oxygens (including phenoxy) is 1. The molecule has 170 valence electrons. The summed E-state index contributed by atoms with van der Waals surface area (Å²) < 4.78 is 5.14. The quantitative estimate of drug-likeness (QED) is 0.558. The van der Waals surface area contributed by atoms with Crippen LogP contribution in [0.15, 0.2) is 59.8 Å². The zero-order chi connectivity index (χ0) is 23.3. The smallest absolute Gasteiger partial charge is 0.335 e. The van der Waals surface area contributed by atoms with Gasteiger partial charge in [0.25, 0.3) is 0 Å². The highest BCUT2D eigenvalue weighted by Gasteiger charge is 2.61. The molecule has 0 amide bonds. The Bertz CT molecular complexity index is 1190. The van der Waals surface area contributed by atoms with E-state index in [-0.39, 0.29) is 23.5 Å². The van der Waals surface area contributed by atoms with Crippen LogP contribution in [0.1, 0.15) is 48.2 Å². The van der Waals surface area contributed by atoms with Gasteiger partial charge in [0, 0.05) is 42.0 Å². The summed E-state index contributed by atoms with van der Waals surface area (Å²) >= 11 is 0. The average molecular weight is 445 g/mol. The van der Waals surface area contributed by atoms with E-state index >= 15 is 0 Å². The summed E-state index contributed by atoms with van der Waals surface area (Å²) in [6.45, 7) is 4.68. The molecule has 0 saturated carbocycles. The Morgan fingerprint density at radius 1 is 1.12 bits per heavy atom. The Morgan fingerprint density at radius 3 is 2.55 bits per heavy atom. The predicted molar refractivity (Wildman–Crippen MR) is 125 cm³/mol. The second-order valence-electron chi connectivity index (χ2n) is 9.33. The molecule has 0 radical (unpaired) electrons. The summed E-state index contributed by atoms with van der Waals surface area (Å²) in [6, 6.07) is 15.8. The monoisotopic (exact) mass is 444 g/mol. The first-order valence-corrected chi connectivity index (χ1v) is 11.4. The number of benzene rings is 2. The number of anilines is 1. The lowest BCUT2D eigenvalue weighted by molar-refractivity contribution is -0.137. The molecule has 0 unspecified atom stereocenters. The molecule has 1 spiro atoms. The Kier molecular flexibility index (Phi) is 5.20. The van der Waals surface area contributed by atoms with Crippen molar-refractivity contribution >= 4 is 23.2 Å². The van der Waals surface area contributed by atoms with Gasteiger partial charge < -0.3 is 10.1 Å². The average Bonchev–Trinajstić information content (AvgIpc) is 3.35. The minimum atomic E-state index is -0.562. The van der Waals surface area contributed by atoms with Gasteiger partial charge in [-0.15, -0.1) is 0 Å². The molecular formula is C27H28N2O4. The second kappa shape index (κ2) is 7.96. The summed E-state index contributed by atoms with van der Waals surface area (Å²) in [5, 5.41) is 3.50. The van der Waals surface area contributed by atoms with Crippen molar-refractivity contribution < 1.29 is 19.1 Å². The van der Waals surface area contributed by atoms with E-state index in [0.717, 1.165) is 36.5 Å². The molecule has 33 heavy (non-hydrogen) atoms. The number of esters is 1. The predicted octanol–water partition coefficient (Wildman–Crippen LogP) is 3.86. The number of hydrogen-bond donors (Lipinski definition) is 1. The van der Waals surface area contributed by atoms with Crippen LogP contribution in [0.2, 0.25) is 0 Å². The molecule has 5 rings (SSSR count). The van der Waals surface area contributed by atoms with Crippen LogP contribution in [-0.4, -0.2) is 42.1 Å². The Labute approximate surface area is 193 Å². The lowest BCUT2D eigenvalue weighted by atomic mass is 9.62. The lowest BCUT2D eigenvalue weighted by Crippen LogP contribution is -2.53. The Hall–Kier alpha value is -3.25. The van der Waals surface area contributed by atoms with E-state index in [1.54, 1.807) is 13.8 Å². The SMILES string of the molecule is COC(=O)C1=C2Nc3ccc(C(C)=O)cc3[C@]23CCN(Cc2ccccc2)[C@@H]3[C@@H](C(C)=O)C1. The number of carbonyl (C=O) groups is 3. The molecular weight excluding hydrogens is 416 g/mol. The fourth-order valence-corrected chi connectivity index (χ4v) is 6.15. The van der Waals surface area contributed by atoms with Gasteiger partial charge in [-0.3, -0.25) is 14.5 Å². The van der Waals surface area contributed by atoms with Crippen LogP contribution in [-0.2, 0) is 26.3 Å². The van der Waals surface area contributed by atoms with Gasteiger partial charge in [0.1, 0.15) is 5.78 Å². The molecule has 1 saturated heterocycles. The molecule has 6 heteroatoms. The third-order valence-corrected chi connectivity index (χ3v) is 7.59. The zero-order valence-electron chi connectivity index (χ0n) is 19.2.